The van der Waals surface area contributed by atoms with E-state index in [0.29, 0.717) is 25.1 Å². The number of aromatic nitrogens is 2. The van der Waals surface area contributed by atoms with Gasteiger partial charge in [-0.05, 0) is 6.42 Å². The maximum absolute atomic E-state index is 11.5. The SMILES string of the molecule is CNC(=O)CCCn1ncc(NC)cc1=O. The van der Waals surface area contributed by atoms with Crippen molar-refractivity contribution in [2.75, 3.05) is 19.4 Å². The van der Waals surface area contributed by atoms with Crippen molar-refractivity contribution in [3.8, 4) is 0 Å². The highest BCUT2D eigenvalue weighted by Crippen LogP contribution is 1.98. The van der Waals surface area contributed by atoms with Crippen molar-refractivity contribution in [3.05, 3.63) is 22.6 Å². The molecule has 1 aromatic rings. The first-order valence-electron chi connectivity index (χ1n) is 5.13. The first-order valence-corrected chi connectivity index (χ1v) is 5.13. The lowest BCUT2D eigenvalue weighted by Crippen LogP contribution is -2.24. The molecule has 0 aliphatic heterocycles. The molecule has 0 atom stereocenters. The number of amides is 1. The summed E-state index contributed by atoms with van der Waals surface area (Å²) in [4.78, 5) is 22.5. The molecular formula is C10H16N4O2. The first kappa shape index (κ1) is 12.2. The number of rotatable bonds is 5. The van der Waals surface area contributed by atoms with Gasteiger partial charge in [0.15, 0.2) is 0 Å². The predicted molar refractivity (Wildman–Crippen MR) is 61.3 cm³/mol. The maximum Gasteiger partial charge on any atom is 0.268 e. The number of carbonyl (C=O) groups excluding carboxylic acids is 1. The number of hydrogen-bond acceptors (Lipinski definition) is 4. The fourth-order valence-electron chi connectivity index (χ4n) is 1.25. The zero-order chi connectivity index (χ0) is 12.0. The second-order valence-corrected chi connectivity index (χ2v) is 3.33. The number of nitrogens with zero attached hydrogens (tertiary/aromatic N) is 2. The van der Waals surface area contributed by atoms with Crippen molar-refractivity contribution in [1.29, 1.82) is 0 Å². The second kappa shape index (κ2) is 5.89. The van der Waals surface area contributed by atoms with E-state index in [1.54, 1.807) is 20.3 Å². The summed E-state index contributed by atoms with van der Waals surface area (Å²) in [6, 6.07) is 1.48. The molecule has 0 aliphatic carbocycles. The lowest BCUT2D eigenvalue weighted by atomic mass is 10.3. The van der Waals surface area contributed by atoms with Crippen molar-refractivity contribution < 1.29 is 4.79 Å². The molecule has 2 N–H and O–H groups in total. The van der Waals surface area contributed by atoms with Gasteiger partial charge < -0.3 is 10.6 Å². The maximum atomic E-state index is 11.5. The van der Waals surface area contributed by atoms with Crippen LogP contribution in [0, 0.1) is 0 Å². The first-order chi connectivity index (χ1) is 7.67. The van der Waals surface area contributed by atoms with E-state index in [2.05, 4.69) is 15.7 Å². The van der Waals surface area contributed by atoms with Crippen molar-refractivity contribution in [2.45, 2.75) is 19.4 Å². The minimum atomic E-state index is -0.163. The van der Waals surface area contributed by atoms with Gasteiger partial charge in [-0.25, -0.2) is 4.68 Å². The predicted octanol–water partition coefficient (Wildman–Crippen LogP) is -0.189. The topological polar surface area (TPSA) is 76.0 Å². The third-order valence-electron chi connectivity index (χ3n) is 2.21. The van der Waals surface area contributed by atoms with Gasteiger partial charge >= 0.3 is 0 Å². The normalized spacial score (nSPS) is 9.88. The monoisotopic (exact) mass is 224 g/mol. The molecule has 0 aromatic carbocycles. The van der Waals surface area contributed by atoms with E-state index in [0.717, 1.165) is 0 Å². The van der Waals surface area contributed by atoms with Crippen LogP contribution >= 0.6 is 0 Å². The Balaban J connectivity index is 2.55. The molecule has 6 nitrogen and oxygen atoms in total. The Hall–Kier alpha value is -1.85. The summed E-state index contributed by atoms with van der Waals surface area (Å²) in [6.07, 6.45) is 2.59. The average molecular weight is 224 g/mol. The Morgan fingerprint density at radius 1 is 1.50 bits per heavy atom. The molecule has 0 spiro atoms. The third kappa shape index (κ3) is 3.38. The van der Waals surface area contributed by atoms with Gasteiger partial charge in [0.25, 0.3) is 5.56 Å². The molecule has 88 valence electrons. The average Bonchev–Trinajstić information content (AvgIpc) is 2.30. The molecule has 0 saturated carbocycles. The van der Waals surface area contributed by atoms with Crippen LogP contribution in [0.25, 0.3) is 0 Å². The van der Waals surface area contributed by atoms with E-state index in [-0.39, 0.29) is 11.5 Å². The summed E-state index contributed by atoms with van der Waals surface area (Å²) in [5.74, 6) is -0.0279. The van der Waals surface area contributed by atoms with Crippen LogP contribution in [-0.4, -0.2) is 29.8 Å². The van der Waals surface area contributed by atoms with Gasteiger partial charge in [0, 0.05) is 33.1 Å². The molecule has 0 radical (unpaired) electrons. The standard InChI is InChI=1S/C10H16N4O2/c1-11-8-6-10(16)14(13-7-8)5-3-4-9(15)12-2/h6-7,11H,3-5H2,1-2H3,(H,12,15). The highest BCUT2D eigenvalue weighted by Gasteiger charge is 2.01. The molecular weight excluding hydrogens is 208 g/mol. The van der Waals surface area contributed by atoms with E-state index >= 15 is 0 Å². The van der Waals surface area contributed by atoms with Gasteiger partial charge in [-0.15, -0.1) is 0 Å². The van der Waals surface area contributed by atoms with Crippen LogP contribution in [0.3, 0.4) is 0 Å². The third-order valence-corrected chi connectivity index (χ3v) is 2.21. The van der Waals surface area contributed by atoms with Crippen LogP contribution in [0.4, 0.5) is 5.69 Å². The van der Waals surface area contributed by atoms with E-state index < -0.39 is 0 Å². The van der Waals surface area contributed by atoms with Crippen molar-refractivity contribution in [3.63, 3.8) is 0 Å². The molecule has 16 heavy (non-hydrogen) atoms. The van der Waals surface area contributed by atoms with Gasteiger partial charge in [0.05, 0.1) is 11.9 Å². The quantitative estimate of drug-likeness (QED) is 0.727. The molecule has 1 rings (SSSR count). The summed E-state index contributed by atoms with van der Waals surface area (Å²) >= 11 is 0. The van der Waals surface area contributed by atoms with Gasteiger partial charge in [-0.3, -0.25) is 9.59 Å². The molecule has 0 bridgehead atoms. The largest absolute Gasteiger partial charge is 0.387 e. The summed E-state index contributed by atoms with van der Waals surface area (Å²) < 4.78 is 1.35. The van der Waals surface area contributed by atoms with Crippen molar-refractivity contribution >= 4 is 11.6 Å². The van der Waals surface area contributed by atoms with Crippen molar-refractivity contribution in [2.24, 2.45) is 0 Å². The van der Waals surface area contributed by atoms with E-state index in [1.165, 1.54) is 10.7 Å². The van der Waals surface area contributed by atoms with E-state index in [9.17, 15) is 9.59 Å². The minimum Gasteiger partial charge on any atom is -0.387 e. The van der Waals surface area contributed by atoms with Gasteiger partial charge in [0.1, 0.15) is 0 Å². The fraction of sp³-hybridized carbons (Fsp3) is 0.500. The lowest BCUT2D eigenvalue weighted by molar-refractivity contribution is -0.120. The lowest BCUT2D eigenvalue weighted by Gasteiger charge is -2.05. The highest BCUT2D eigenvalue weighted by molar-refractivity contribution is 5.75. The van der Waals surface area contributed by atoms with Gasteiger partial charge in [-0.1, -0.05) is 0 Å². The smallest absolute Gasteiger partial charge is 0.268 e. The summed E-state index contributed by atoms with van der Waals surface area (Å²) in [7, 11) is 3.32. The zero-order valence-electron chi connectivity index (χ0n) is 9.49. The summed E-state index contributed by atoms with van der Waals surface area (Å²) in [6.45, 7) is 0.455. The Bertz CT molecular complexity index is 414. The Morgan fingerprint density at radius 2 is 2.25 bits per heavy atom. The number of aryl methyl sites for hydroxylation is 1. The van der Waals surface area contributed by atoms with Crippen LogP contribution in [0.2, 0.25) is 0 Å². The Labute approximate surface area is 93.7 Å². The van der Waals surface area contributed by atoms with Crippen LogP contribution in [-0.2, 0) is 11.3 Å². The molecule has 6 heteroatoms. The molecule has 0 saturated heterocycles. The molecule has 0 aliphatic rings. The van der Waals surface area contributed by atoms with Crippen LogP contribution in [0.1, 0.15) is 12.8 Å². The highest BCUT2D eigenvalue weighted by atomic mass is 16.1. The van der Waals surface area contributed by atoms with Gasteiger partial charge in [0.2, 0.25) is 5.91 Å². The van der Waals surface area contributed by atoms with E-state index in [4.69, 9.17) is 0 Å². The molecule has 1 amide bonds. The van der Waals surface area contributed by atoms with Crippen LogP contribution in [0.15, 0.2) is 17.1 Å². The van der Waals surface area contributed by atoms with Crippen molar-refractivity contribution in [1.82, 2.24) is 15.1 Å². The summed E-state index contributed by atoms with van der Waals surface area (Å²) in [5, 5.41) is 9.35. The number of hydrogen-bond donors (Lipinski definition) is 2. The van der Waals surface area contributed by atoms with Gasteiger partial charge in [-0.2, -0.15) is 5.10 Å². The van der Waals surface area contributed by atoms with Crippen LogP contribution < -0.4 is 16.2 Å². The van der Waals surface area contributed by atoms with E-state index in [1.807, 2.05) is 0 Å². The Kier molecular flexibility index (Phi) is 4.50. The Morgan fingerprint density at radius 3 is 2.81 bits per heavy atom. The zero-order valence-corrected chi connectivity index (χ0v) is 9.49. The fourth-order valence-corrected chi connectivity index (χ4v) is 1.25. The molecule has 0 fully saturated rings. The molecule has 1 aromatic heterocycles. The number of anilines is 1. The summed E-state index contributed by atoms with van der Waals surface area (Å²) in [5.41, 5.74) is 0.524. The second-order valence-electron chi connectivity index (χ2n) is 3.33. The minimum absolute atomic E-state index is 0.0279. The number of carbonyl (C=O) groups is 1. The molecule has 1 heterocycles. The number of nitrogens with one attached hydrogen (secondary N) is 2. The van der Waals surface area contributed by atoms with Crippen LogP contribution in [0.5, 0.6) is 0 Å². The molecule has 0 unspecified atom stereocenters.